The molecular formula is C21H28N4O2. The Hall–Kier alpha value is -2.18. The van der Waals surface area contributed by atoms with Crippen LogP contribution in [0.1, 0.15) is 40.5 Å². The Morgan fingerprint density at radius 3 is 2.67 bits per heavy atom. The molecular weight excluding hydrogens is 340 g/mol. The maximum atomic E-state index is 12.8. The summed E-state index contributed by atoms with van der Waals surface area (Å²) in [4.78, 5) is 15.2. The topological polar surface area (TPSA) is 59.4 Å². The molecule has 27 heavy (non-hydrogen) atoms. The number of morpholine rings is 1. The molecule has 1 aromatic carbocycles. The van der Waals surface area contributed by atoms with Gasteiger partial charge in [-0.25, -0.2) is 0 Å². The third kappa shape index (κ3) is 4.57. The molecule has 1 unspecified atom stereocenters. The molecule has 2 heterocycles. The van der Waals surface area contributed by atoms with Crippen molar-refractivity contribution in [3.63, 3.8) is 0 Å². The van der Waals surface area contributed by atoms with Crippen molar-refractivity contribution < 1.29 is 9.53 Å². The van der Waals surface area contributed by atoms with Gasteiger partial charge in [-0.1, -0.05) is 29.8 Å². The Bertz CT molecular complexity index is 761. The first-order chi connectivity index (χ1) is 13.2. The van der Waals surface area contributed by atoms with Crippen LogP contribution in [0.4, 0.5) is 0 Å². The van der Waals surface area contributed by atoms with Crippen LogP contribution in [-0.4, -0.2) is 53.4 Å². The minimum atomic E-state index is -0.0430. The number of carbonyl (C=O) groups is 1. The fraction of sp³-hybridized carbons (Fsp3) is 0.524. The van der Waals surface area contributed by atoms with E-state index in [1.807, 2.05) is 10.7 Å². The minimum absolute atomic E-state index is 0.0430. The highest BCUT2D eigenvalue weighted by atomic mass is 16.5. The van der Waals surface area contributed by atoms with Crippen LogP contribution >= 0.6 is 0 Å². The number of aromatic nitrogens is 2. The zero-order chi connectivity index (χ0) is 18.6. The van der Waals surface area contributed by atoms with Crippen LogP contribution in [0.3, 0.4) is 0 Å². The van der Waals surface area contributed by atoms with Crippen LogP contribution in [0.25, 0.3) is 0 Å². The molecule has 0 radical (unpaired) electrons. The Balaban J connectivity index is 1.45. The maximum Gasteiger partial charge on any atom is 0.269 e. The van der Waals surface area contributed by atoms with Gasteiger partial charge in [0.15, 0.2) is 0 Å². The summed E-state index contributed by atoms with van der Waals surface area (Å²) in [6.07, 6.45) is 4.21. The van der Waals surface area contributed by atoms with Crippen LogP contribution in [0.2, 0.25) is 0 Å². The SMILES string of the molecule is Cc1ccc(C(CNC(=O)c2ccnn2CC2CC2)N2CCOCC2)cc1. The second-order valence-corrected chi connectivity index (χ2v) is 7.63. The smallest absolute Gasteiger partial charge is 0.269 e. The zero-order valence-electron chi connectivity index (χ0n) is 15.9. The summed E-state index contributed by atoms with van der Waals surface area (Å²) >= 11 is 0. The van der Waals surface area contributed by atoms with Crippen molar-refractivity contribution in [1.82, 2.24) is 20.0 Å². The molecule has 1 aliphatic carbocycles. The summed E-state index contributed by atoms with van der Waals surface area (Å²) in [6.45, 7) is 6.77. The summed E-state index contributed by atoms with van der Waals surface area (Å²) in [5.41, 5.74) is 3.13. The van der Waals surface area contributed by atoms with Crippen LogP contribution in [0, 0.1) is 12.8 Å². The van der Waals surface area contributed by atoms with Crippen molar-refractivity contribution >= 4 is 5.91 Å². The maximum absolute atomic E-state index is 12.8. The van der Waals surface area contributed by atoms with E-state index in [9.17, 15) is 4.79 Å². The summed E-state index contributed by atoms with van der Waals surface area (Å²) < 4.78 is 7.36. The Morgan fingerprint density at radius 2 is 1.96 bits per heavy atom. The van der Waals surface area contributed by atoms with E-state index >= 15 is 0 Å². The number of nitrogens with zero attached hydrogens (tertiary/aromatic N) is 3. The zero-order valence-corrected chi connectivity index (χ0v) is 15.9. The van der Waals surface area contributed by atoms with E-state index in [2.05, 4.69) is 46.5 Å². The van der Waals surface area contributed by atoms with Crippen molar-refractivity contribution in [2.45, 2.75) is 32.4 Å². The largest absolute Gasteiger partial charge is 0.379 e. The Labute approximate surface area is 160 Å². The highest BCUT2D eigenvalue weighted by Gasteiger charge is 2.26. The normalized spacial score (nSPS) is 19.0. The van der Waals surface area contributed by atoms with Crippen molar-refractivity contribution in [2.75, 3.05) is 32.8 Å². The van der Waals surface area contributed by atoms with Gasteiger partial charge in [0, 0.05) is 32.4 Å². The molecule has 0 spiro atoms. The first-order valence-electron chi connectivity index (χ1n) is 9.89. The van der Waals surface area contributed by atoms with Crippen molar-refractivity contribution in [3.05, 3.63) is 53.3 Å². The molecule has 1 aromatic heterocycles. The average molecular weight is 368 g/mol. The van der Waals surface area contributed by atoms with Gasteiger partial charge in [0.05, 0.1) is 19.3 Å². The first-order valence-corrected chi connectivity index (χ1v) is 9.89. The number of hydrogen-bond acceptors (Lipinski definition) is 4. The van der Waals surface area contributed by atoms with Gasteiger partial charge in [-0.05, 0) is 37.3 Å². The fourth-order valence-electron chi connectivity index (χ4n) is 3.63. The lowest BCUT2D eigenvalue weighted by atomic mass is 10.0. The highest BCUT2D eigenvalue weighted by Crippen LogP contribution is 2.30. The second-order valence-electron chi connectivity index (χ2n) is 7.63. The van der Waals surface area contributed by atoms with Crippen LogP contribution in [0.15, 0.2) is 36.5 Å². The summed E-state index contributed by atoms with van der Waals surface area (Å²) in [5.74, 6) is 0.642. The van der Waals surface area contributed by atoms with E-state index in [4.69, 9.17) is 4.74 Å². The standard InChI is InChI=1S/C21H28N4O2/c1-16-2-6-18(7-3-16)20(24-10-12-27-13-11-24)14-22-21(26)19-8-9-23-25(19)15-17-4-5-17/h2-3,6-9,17,20H,4-5,10-15H2,1H3,(H,22,26). The number of carbonyl (C=O) groups excluding carboxylic acids is 1. The molecule has 6 nitrogen and oxygen atoms in total. The molecule has 1 aliphatic heterocycles. The third-order valence-electron chi connectivity index (χ3n) is 5.48. The van der Waals surface area contributed by atoms with Gasteiger partial charge in [0.1, 0.15) is 5.69 Å². The number of nitrogens with one attached hydrogen (secondary N) is 1. The average Bonchev–Trinajstić information content (AvgIpc) is 3.39. The van der Waals surface area contributed by atoms with E-state index in [1.54, 1.807) is 6.20 Å². The van der Waals surface area contributed by atoms with Crippen molar-refractivity contribution in [1.29, 1.82) is 0 Å². The number of aryl methyl sites for hydroxylation is 1. The lowest BCUT2D eigenvalue weighted by molar-refractivity contribution is 0.0162. The predicted molar refractivity (Wildman–Crippen MR) is 104 cm³/mol. The van der Waals surface area contributed by atoms with E-state index in [1.165, 1.54) is 24.0 Å². The third-order valence-corrected chi connectivity index (χ3v) is 5.48. The molecule has 2 aliphatic rings. The van der Waals surface area contributed by atoms with Gasteiger partial charge in [0.2, 0.25) is 0 Å². The van der Waals surface area contributed by atoms with Crippen LogP contribution < -0.4 is 5.32 Å². The fourth-order valence-corrected chi connectivity index (χ4v) is 3.63. The van der Waals surface area contributed by atoms with Crippen molar-refractivity contribution in [3.8, 4) is 0 Å². The van der Waals surface area contributed by atoms with Crippen molar-refractivity contribution in [2.24, 2.45) is 5.92 Å². The van der Waals surface area contributed by atoms with Gasteiger partial charge < -0.3 is 10.1 Å². The van der Waals surface area contributed by atoms with E-state index in [0.29, 0.717) is 18.2 Å². The van der Waals surface area contributed by atoms with Gasteiger partial charge in [0.25, 0.3) is 5.91 Å². The van der Waals surface area contributed by atoms with Crippen LogP contribution in [-0.2, 0) is 11.3 Å². The molecule has 2 fully saturated rings. The molecule has 0 bridgehead atoms. The number of amides is 1. The molecule has 1 N–H and O–H groups in total. The van der Waals surface area contributed by atoms with E-state index in [-0.39, 0.29) is 11.9 Å². The van der Waals surface area contributed by atoms with Gasteiger partial charge >= 0.3 is 0 Å². The van der Waals surface area contributed by atoms with Gasteiger partial charge in [-0.15, -0.1) is 0 Å². The van der Waals surface area contributed by atoms with E-state index < -0.39 is 0 Å². The molecule has 1 amide bonds. The summed E-state index contributed by atoms with van der Waals surface area (Å²) in [5, 5.41) is 7.48. The van der Waals surface area contributed by atoms with Crippen LogP contribution in [0.5, 0.6) is 0 Å². The van der Waals surface area contributed by atoms with E-state index in [0.717, 1.165) is 32.8 Å². The monoisotopic (exact) mass is 368 g/mol. The summed E-state index contributed by atoms with van der Waals surface area (Å²) in [7, 11) is 0. The summed E-state index contributed by atoms with van der Waals surface area (Å²) in [6, 6.07) is 10.6. The number of benzene rings is 1. The molecule has 4 rings (SSSR count). The molecule has 1 saturated heterocycles. The Kier molecular flexibility index (Phi) is 5.55. The number of hydrogen-bond donors (Lipinski definition) is 1. The lowest BCUT2D eigenvalue weighted by Gasteiger charge is -2.35. The molecule has 1 atom stereocenters. The molecule has 6 heteroatoms. The van der Waals surface area contributed by atoms with Gasteiger partial charge in [-0.3, -0.25) is 14.4 Å². The number of rotatable bonds is 7. The highest BCUT2D eigenvalue weighted by molar-refractivity contribution is 5.92. The predicted octanol–water partition coefficient (Wildman–Crippen LogP) is 2.40. The quantitative estimate of drug-likeness (QED) is 0.815. The molecule has 144 valence electrons. The second kappa shape index (κ2) is 8.23. The minimum Gasteiger partial charge on any atom is -0.379 e. The molecule has 2 aromatic rings. The van der Waals surface area contributed by atoms with Gasteiger partial charge in [-0.2, -0.15) is 5.10 Å². The first kappa shape index (κ1) is 18.2. The number of ether oxygens (including phenoxy) is 1. The lowest BCUT2D eigenvalue weighted by Crippen LogP contribution is -2.44. The Morgan fingerprint density at radius 1 is 1.22 bits per heavy atom. The molecule has 1 saturated carbocycles.